The second-order valence-corrected chi connectivity index (χ2v) is 6.94. The van der Waals surface area contributed by atoms with Crippen molar-refractivity contribution in [2.75, 3.05) is 7.11 Å². The molecular formula is C24H20N2O5. The number of hydrazine groups is 1. The number of aliphatic hydroxyl groups excluding tert-OH is 1. The van der Waals surface area contributed by atoms with Gasteiger partial charge in [-0.3, -0.25) is 15.0 Å². The normalized spacial score (nSPS) is 18.5. The number of nitrogens with zero attached hydrogens (tertiary/aromatic N) is 1. The number of hydrogen-bond donors (Lipinski definition) is 3. The molecule has 4 rings (SSSR count). The van der Waals surface area contributed by atoms with E-state index in [2.05, 4.69) is 5.43 Å². The Morgan fingerprint density at radius 1 is 0.935 bits per heavy atom. The van der Waals surface area contributed by atoms with Gasteiger partial charge in [0.05, 0.1) is 12.7 Å². The first kappa shape index (κ1) is 20.2. The van der Waals surface area contributed by atoms with Gasteiger partial charge in [0.15, 0.2) is 5.76 Å². The molecule has 0 saturated heterocycles. The molecule has 7 nitrogen and oxygen atoms in total. The number of carbonyl (C=O) groups is 2. The first-order valence-corrected chi connectivity index (χ1v) is 9.53. The summed E-state index contributed by atoms with van der Waals surface area (Å²) in [5.41, 5.74) is 0.979. The van der Waals surface area contributed by atoms with E-state index < -0.39 is 23.3 Å². The smallest absolute Gasteiger partial charge is 0.305 e. The maximum absolute atomic E-state index is 13.4. The average molecular weight is 416 g/mol. The molecule has 1 aliphatic rings. The average Bonchev–Trinajstić information content (AvgIpc) is 2.82. The van der Waals surface area contributed by atoms with Gasteiger partial charge in [-0.25, -0.2) is 5.01 Å². The zero-order valence-electron chi connectivity index (χ0n) is 16.6. The standard InChI is InChI=1S/C24H20N2O5/c1-31-19-14-12-17(13-15-19)23(29)26-24(30,18-10-6-3-7-11-18)20(21(27)22(28)25-26)16-8-4-2-5-9-16/h2-15,27,30H,1H3,(H,25,28). The summed E-state index contributed by atoms with van der Waals surface area (Å²) >= 11 is 0. The maximum atomic E-state index is 13.4. The molecule has 3 N–H and O–H groups in total. The molecule has 1 heterocycles. The van der Waals surface area contributed by atoms with E-state index in [1.807, 2.05) is 0 Å². The number of benzene rings is 3. The number of methoxy groups -OCH3 is 1. The van der Waals surface area contributed by atoms with Crippen LogP contribution in [0.25, 0.3) is 5.57 Å². The topological polar surface area (TPSA) is 99.1 Å². The van der Waals surface area contributed by atoms with Crippen LogP contribution in [-0.2, 0) is 10.5 Å². The zero-order valence-corrected chi connectivity index (χ0v) is 16.6. The Morgan fingerprint density at radius 3 is 2.10 bits per heavy atom. The fourth-order valence-electron chi connectivity index (χ4n) is 3.57. The minimum atomic E-state index is -2.17. The lowest BCUT2D eigenvalue weighted by Crippen LogP contribution is -2.62. The van der Waals surface area contributed by atoms with Crippen LogP contribution in [0.4, 0.5) is 0 Å². The second kappa shape index (κ2) is 7.97. The molecule has 1 unspecified atom stereocenters. The fourth-order valence-corrected chi connectivity index (χ4v) is 3.57. The number of aliphatic hydroxyl groups is 2. The maximum Gasteiger partial charge on any atom is 0.305 e. The van der Waals surface area contributed by atoms with Gasteiger partial charge >= 0.3 is 5.91 Å². The van der Waals surface area contributed by atoms with E-state index in [0.717, 1.165) is 5.01 Å². The Labute approximate surface area is 178 Å². The van der Waals surface area contributed by atoms with Crippen molar-refractivity contribution in [3.63, 3.8) is 0 Å². The monoisotopic (exact) mass is 416 g/mol. The molecule has 31 heavy (non-hydrogen) atoms. The van der Waals surface area contributed by atoms with E-state index in [-0.39, 0.29) is 11.1 Å². The van der Waals surface area contributed by atoms with Crippen molar-refractivity contribution in [3.05, 3.63) is 107 Å². The van der Waals surface area contributed by atoms with Crippen LogP contribution in [0.15, 0.2) is 90.7 Å². The predicted molar refractivity (Wildman–Crippen MR) is 114 cm³/mol. The highest BCUT2D eigenvalue weighted by atomic mass is 16.5. The van der Waals surface area contributed by atoms with Crippen molar-refractivity contribution in [1.29, 1.82) is 0 Å². The minimum Gasteiger partial charge on any atom is -0.503 e. The van der Waals surface area contributed by atoms with Crippen molar-refractivity contribution in [2.45, 2.75) is 5.72 Å². The number of amides is 2. The molecule has 3 aromatic rings. The molecule has 1 aliphatic heterocycles. The van der Waals surface area contributed by atoms with E-state index in [4.69, 9.17) is 4.74 Å². The summed E-state index contributed by atoms with van der Waals surface area (Å²) in [6.07, 6.45) is 0. The number of carbonyl (C=O) groups excluding carboxylic acids is 2. The summed E-state index contributed by atoms with van der Waals surface area (Å²) in [7, 11) is 1.51. The van der Waals surface area contributed by atoms with Crippen molar-refractivity contribution in [1.82, 2.24) is 10.4 Å². The molecule has 7 heteroatoms. The van der Waals surface area contributed by atoms with Crippen LogP contribution in [0, 0.1) is 0 Å². The quantitative estimate of drug-likeness (QED) is 0.607. The van der Waals surface area contributed by atoms with Crippen molar-refractivity contribution >= 4 is 17.4 Å². The lowest BCUT2D eigenvalue weighted by Gasteiger charge is -2.44. The predicted octanol–water partition coefficient (Wildman–Crippen LogP) is 3.00. The van der Waals surface area contributed by atoms with Crippen LogP contribution < -0.4 is 10.2 Å². The van der Waals surface area contributed by atoms with Crippen LogP contribution in [0.1, 0.15) is 21.5 Å². The Balaban J connectivity index is 1.92. The fraction of sp³-hybridized carbons (Fsp3) is 0.0833. The van der Waals surface area contributed by atoms with Crippen molar-refractivity contribution in [3.8, 4) is 5.75 Å². The third-order valence-corrected chi connectivity index (χ3v) is 5.12. The van der Waals surface area contributed by atoms with Gasteiger partial charge in [-0.2, -0.15) is 0 Å². The van der Waals surface area contributed by atoms with Crippen LogP contribution in [0.3, 0.4) is 0 Å². The van der Waals surface area contributed by atoms with Crippen LogP contribution in [0.2, 0.25) is 0 Å². The highest BCUT2D eigenvalue weighted by Gasteiger charge is 2.51. The van der Waals surface area contributed by atoms with Gasteiger partial charge in [0.25, 0.3) is 5.91 Å². The lowest BCUT2D eigenvalue weighted by molar-refractivity contribution is -0.138. The molecule has 0 bridgehead atoms. The first-order valence-electron chi connectivity index (χ1n) is 9.53. The molecule has 0 spiro atoms. The number of rotatable bonds is 4. The number of nitrogens with one attached hydrogen (secondary N) is 1. The summed E-state index contributed by atoms with van der Waals surface area (Å²) in [5, 5.41) is 23.5. The second-order valence-electron chi connectivity index (χ2n) is 6.94. The number of hydrogen-bond acceptors (Lipinski definition) is 5. The van der Waals surface area contributed by atoms with E-state index >= 15 is 0 Å². The summed E-state index contributed by atoms with van der Waals surface area (Å²) < 4.78 is 5.13. The van der Waals surface area contributed by atoms with Gasteiger partial charge in [-0.15, -0.1) is 0 Å². The summed E-state index contributed by atoms with van der Waals surface area (Å²) in [6.45, 7) is 0. The molecular weight excluding hydrogens is 396 g/mol. The summed E-state index contributed by atoms with van der Waals surface area (Å²) in [5.74, 6) is -1.68. The largest absolute Gasteiger partial charge is 0.503 e. The third kappa shape index (κ3) is 3.41. The van der Waals surface area contributed by atoms with E-state index in [1.54, 1.807) is 72.8 Å². The molecule has 156 valence electrons. The Bertz CT molecular complexity index is 1140. The summed E-state index contributed by atoms with van der Waals surface area (Å²) in [4.78, 5) is 26.0. The molecule has 0 aliphatic carbocycles. The van der Waals surface area contributed by atoms with Crippen molar-refractivity contribution < 1.29 is 24.5 Å². The molecule has 0 radical (unpaired) electrons. The highest BCUT2D eigenvalue weighted by molar-refractivity contribution is 6.06. The SMILES string of the molecule is COc1ccc(C(=O)N2NC(=O)C(O)=C(c3ccccc3)C2(O)c2ccccc2)cc1. The molecule has 0 saturated carbocycles. The Hall–Kier alpha value is -4.10. The number of ether oxygens (including phenoxy) is 1. The van der Waals surface area contributed by atoms with Gasteiger partial charge in [0.1, 0.15) is 5.75 Å². The van der Waals surface area contributed by atoms with E-state index in [9.17, 15) is 19.8 Å². The molecule has 1 atom stereocenters. The van der Waals surface area contributed by atoms with E-state index in [0.29, 0.717) is 16.9 Å². The van der Waals surface area contributed by atoms with Crippen LogP contribution in [-0.4, -0.2) is 34.1 Å². The Kier molecular flexibility index (Phi) is 5.19. The van der Waals surface area contributed by atoms with Crippen LogP contribution in [0.5, 0.6) is 5.75 Å². The zero-order chi connectivity index (χ0) is 22.0. The van der Waals surface area contributed by atoms with Gasteiger partial charge in [-0.05, 0) is 29.8 Å². The van der Waals surface area contributed by atoms with Crippen LogP contribution >= 0.6 is 0 Å². The summed E-state index contributed by atoms with van der Waals surface area (Å²) in [6, 6.07) is 23.1. The van der Waals surface area contributed by atoms with Gasteiger partial charge in [0.2, 0.25) is 5.72 Å². The van der Waals surface area contributed by atoms with Gasteiger partial charge in [0, 0.05) is 11.1 Å². The van der Waals surface area contributed by atoms with Gasteiger partial charge in [-0.1, -0.05) is 60.7 Å². The van der Waals surface area contributed by atoms with Gasteiger partial charge < -0.3 is 14.9 Å². The third-order valence-electron chi connectivity index (χ3n) is 5.12. The highest BCUT2D eigenvalue weighted by Crippen LogP contribution is 2.43. The van der Waals surface area contributed by atoms with Crippen molar-refractivity contribution in [2.24, 2.45) is 0 Å². The first-order chi connectivity index (χ1) is 15.0. The molecule has 0 aromatic heterocycles. The minimum absolute atomic E-state index is 0.0927. The molecule has 3 aromatic carbocycles. The molecule has 2 amide bonds. The lowest BCUT2D eigenvalue weighted by atomic mass is 9.85. The van der Waals surface area contributed by atoms with E-state index in [1.165, 1.54) is 19.2 Å². The Morgan fingerprint density at radius 2 is 1.52 bits per heavy atom. The molecule has 0 fully saturated rings.